The van der Waals surface area contributed by atoms with E-state index in [0.29, 0.717) is 5.82 Å². The van der Waals surface area contributed by atoms with E-state index in [0.717, 1.165) is 83.7 Å². The summed E-state index contributed by atoms with van der Waals surface area (Å²) in [4.78, 5) is 18.4. The molecule has 0 bridgehead atoms. The minimum absolute atomic E-state index is 0.676. The zero-order chi connectivity index (χ0) is 43.4. The molecule has 0 saturated heterocycles. The lowest BCUT2D eigenvalue weighted by Crippen LogP contribution is -2.18. The first-order chi connectivity index (χ1) is 32.1. The summed E-state index contributed by atoms with van der Waals surface area (Å²) in [7, 11) is 0. The van der Waals surface area contributed by atoms with Crippen molar-refractivity contribution in [1.29, 1.82) is 0 Å². The minimum Gasteiger partial charge on any atom is -0.302 e. The van der Waals surface area contributed by atoms with Gasteiger partial charge in [0.25, 0.3) is 0 Å². The maximum Gasteiger partial charge on any atom is 0.160 e. The Bertz CT molecular complexity index is 3660. The molecule has 0 fully saturated rings. The lowest BCUT2D eigenvalue weighted by molar-refractivity contribution is 1.10. The second-order valence-electron chi connectivity index (χ2n) is 16.7. The third-order valence-corrected chi connectivity index (χ3v) is 13.0. The number of anilines is 1. The number of hydrogen-bond donors (Lipinski definition) is 0. The zero-order valence-corrected chi connectivity index (χ0v) is 36.1. The van der Waals surface area contributed by atoms with Crippen LogP contribution in [0.5, 0.6) is 0 Å². The lowest BCUT2D eigenvalue weighted by Gasteiger charge is -2.26. The highest BCUT2D eigenvalue weighted by molar-refractivity contribution is 6.15. The van der Waals surface area contributed by atoms with Crippen molar-refractivity contribution >= 4 is 59.7 Å². The fourth-order valence-electron chi connectivity index (χ4n) is 9.77. The molecule has 0 unspecified atom stereocenters. The summed E-state index contributed by atoms with van der Waals surface area (Å²) >= 11 is 0. The van der Waals surface area contributed by atoms with Crippen LogP contribution in [0.1, 0.15) is 12.5 Å². The fraction of sp³-hybridized carbons (Fsp3) is 0.0328. The number of benzene rings is 9. The number of aryl methyl sites for hydroxylation is 1. The van der Waals surface area contributed by atoms with Gasteiger partial charge in [-0.2, -0.15) is 0 Å². The SMILES string of the molecule is C/C=C1/C=CC=CN1c1nc(-c2ccc(-c3cccc(-c4nc(-c5cc6ccccc6c6ccccc56)cc(-c5cc6ccccc6c6ccccc56)n4)c3)cc2)c2ccccc2c1C. The second-order valence-corrected chi connectivity index (χ2v) is 16.7. The van der Waals surface area contributed by atoms with Crippen LogP contribution in [0.3, 0.4) is 0 Å². The summed E-state index contributed by atoms with van der Waals surface area (Å²) < 4.78 is 0. The molecule has 0 atom stereocenters. The Hall–Kier alpha value is -8.47. The lowest BCUT2D eigenvalue weighted by atomic mass is 9.93. The molecule has 3 heterocycles. The van der Waals surface area contributed by atoms with Crippen molar-refractivity contribution in [3.8, 4) is 56.3 Å². The van der Waals surface area contributed by atoms with Crippen molar-refractivity contribution < 1.29 is 0 Å². The highest BCUT2D eigenvalue weighted by Gasteiger charge is 2.20. The van der Waals surface area contributed by atoms with E-state index in [1.54, 1.807) is 0 Å². The molecule has 2 aromatic heterocycles. The van der Waals surface area contributed by atoms with Gasteiger partial charge in [-0.15, -0.1) is 0 Å². The van der Waals surface area contributed by atoms with Gasteiger partial charge in [0.15, 0.2) is 5.82 Å². The average Bonchev–Trinajstić information content (AvgIpc) is 3.38. The molecular formula is C61H42N4. The van der Waals surface area contributed by atoms with Gasteiger partial charge >= 0.3 is 0 Å². The quantitative estimate of drug-likeness (QED) is 0.157. The number of aromatic nitrogens is 3. The summed E-state index contributed by atoms with van der Waals surface area (Å²) in [5.41, 5.74) is 11.3. The predicted octanol–water partition coefficient (Wildman–Crippen LogP) is 16.1. The van der Waals surface area contributed by atoms with E-state index in [1.807, 2.05) is 0 Å². The van der Waals surface area contributed by atoms with E-state index in [9.17, 15) is 0 Å². The molecule has 4 heteroatoms. The Morgan fingerprint density at radius 2 is 0.938 bits per heavy atom. The topological polar surface area (TPSA) is 41.9 Å². The van der Waals surface area contributed by atoms with Crippen LogP contribution in [-0.2, 0) is 0 Å². The minimum atomic E-state index is 0.676. The molecule has 11 aromatic rings. The molecule has 0 aliphatic carbocycles. The number of rotatable bonds is 6. The molecule has 4 nitrogen and oxygen atoms in total. The van der Waals surface area contributed by atoms with Gasteiger partial charge in [-0.1, -0.05) is 176 Å². The van der Waals surface area contributed by atoms with Gasteiger partial charge in [0.1, 0.15) is 5.82 Å². The highest BCUT2D eigenvalue weighted by atomic mass is 15.2. The predicted molar refractivity (Wildman–Crippen MR) is 274 cm³/mol. The molecule has 1 aliphatic rings. The van der Waals surface area contributed by atoms with Gasteiger partial charge in [0, 0.05) is 45.1 Å². The first-order valence-corrected chi connectivity index (χ1v) is 22.2. The zero-order valence-electron chi connectivity index (χ0n) is 36.1. The van der Waals surface area contributed by atoms with Gasteiger partial charge in [0.2, 0.25) is 0 Å². The molecule has 0 radical (unpaired) electrons. The summed E-state index contributed by atoms with van der Waals surface area (Å²) in [5, 5.41) is 11.9. The molecule has 0 N–H and O–H groups in total. The first-order valence-electron chi connectivity index (χ1n) is 22.2. The molecule has 0 spiro atoms. The van der Waals surface area contributed by atoms with E-state index in [2.05, 4.69) is 237 Å². The maximum absolute atomic E-state index is 5.45. The van der Waals surface area contributed by atoms with E-state index < -0.39 is 0 Å². The van der Waals surface area contributed by atoms with Crippen molar-refractivity contribution in [1.82, 2.24) is 15.0 Å². The number of hydrogen-bond acceptors (Lipinski definition) is 4. The van der Waals surface area contributed by atoms with E-state index in [-0.39, 0.29) is 0 Å². The Morgan fingerprint density at radius 3 is 1.55 bits per heavy atom. The normalized spacial score (nSPS) is 13.3. The standard InChI is InChI=1S/C61H42N4/c1-3-46-21-14-15-34-65(46)61-39(2)47-22-8-13-29-54(47)59(64-61)41-32-30-40(31-33-41)42-19-16-20-45(35-42)60-62-57(55-36-43-17-4-6-23-48(43)50-25-9-11-27-52(50)55)38-58(63-60)56-37-44-18-5-7-24-49(44)51-26-10-12-28-53(51)56/h3-38H,1-2H3/b46-3-. The van der Waals surface area contributed by atoms with Crippen LogP contribution in [0.4, 0.5) is 5.82 Å². The van der Waals surface area contributed by atoms with Gasteiger partial charge < -0.3 is 4.90 Å². The maximum atomic E-state index is 5.45. The molecular weight excluding hydrogens is 789 g/mol. The van der Waals surface area contributed by atoms with Crippen LogP contribution in [-0.4, -0.2) is 15.0 Å². The molecule has 306 valence electrons. The summed E-state index contributed by atoms with van der Waals surface area (Å²) in [6.45, 7) is 4.23. The summed E-state index contributed by atoms with van der Waals surface area (Å²) in [6, 6.07) is 67.4. The molecule has 0 amide bonds. The summed E-state index contributed by atoms with van der Waals surface area (Å²) in [5.74, 6) is 1.61. The Kier molecular flexibility index (Phi) is 9.24. The van der Waals surface area contributed by atoms with Crippen LogP contribution < -0.4 is 4.90 Å². The largest absolute Gasteiger partial charge is 0.302 e. The van der Waals surface area contributed by atoms with Crippen molar-refractivity contribution in [2.75, 3.05) is 4.90 Å². The van der Waals surface area contributed by atoms with Crippen LogP contribution in [0.2, 0.25) is 0 Å². The third-order valence-electron chi connectivity index (χ3n) is 13.0. The Morgan fingerprint density at radius 1 is 0.415 bits per heavy atom. The van der Waals surface area contributed by atoms with Crippen molar-refractivity contribution in [3.05, 3.63) is 230 Å². The van der Waals surface area contributed by atoms with Crippen LogP contribution >= 0.6 is 0 Å². The number of allylic oxidation sites excluding steroid dienone is 4. The second kappa shape index (κ2) is 15.7. The van der Waals surface area contributed by atoms with Gasteiger partial charge in [-0.3, -0.25) is 0 Å². The number of fused-ring (bicyclic) bond motifs is 7. The molecule has 65 heavy (non-hydrogen) atoms. The Labute approximate surface area is 377 Å². The first kappa shape index (κ1) is 38.2. The van der Waals surface area contributed by atoms with Crippen molar-refractivity contribution in [2.24, 2.45) is 0 Å². The van der Waals surface area contributed by atoms with Gasteiger partial charge in [-0.05, 0) is 110 Å². The van der Waals surface area contributed by atoms with Crippen LogP contribution in [0, 0.1) is 6.92 Å². The van der Waals surface area contributed by atoms with E-state index in [1.165, 1.54) is 37.7 Å². The molecule has 1 aliphatic heterocycles. The van der Waals surface area contributed by atoms with Crippen LogP contribution in [0.15, 0.2) is 224 Å². The van der Waals surface area contributed by atoms with Crippen molar-refractivity contribution in [2.45, 2.75) is 13.8 Å². The van der Waals surface area contributed by atoms with Gasteiger partial charge in [-0.25, -0.2) is 15.0 Å². The smallest absolute Gasteiger partial charge is 0.160 e. The summed E-state index contributed by atoms with van der Waals surface area (Å²) in [6.07, 6.45) is 10.5. The third kappa shape index (κ3) is 6.58. The van der Waals surface area contributed by atoms with Crippen LogP contribution in [0.25, 0.3) is 110 Å². The fourth-order valence-corrected chi connectivity index (χ4v) is 9.77. The van der Waals surface area contributed by atoms with E-state index in [4.69, 9.17) is 15.0 Å². The number of nitrogens with zero attached hydrogens (tertiary/aromatic N) is 4. The average molecular weight is 831 g/mol. The van der Waals surface area contributed by atoms with Crippen molar-refractivity contribution in [3.63, 3.8) is 0 Å². The monoisotopic (exact) mass is 830 g/mol. The van der Waals surface area contributed by atoms with E-state index >= 15 is 0 Å². The number of pyridine rings is 1. The molecule has 12 rings (SSSR count). The Balaban J connectivity index is 1.00. The molecule has 0 saturated carbocycles. The van der Waals surface area contributed by atoms with Gasteiger partial charge in [0.05, 0.1) is 17.1 Å². The highest BCUT2D eigenvalue weighted by Crippen LogP contribution is 2.41. The molecule has 9 aromatic carbocycles.